The Balaban J connectivity index is 1.90. The Bertz CT molecular complexity index is 498. The van der Waals surface area contributed by atoms with Gasteiger partial charge in [-0.3, -0.25) is 9.89 Å². The molecule has 2 rings (SSSR count). The zero-order chi connectivity index (χ0) is 16.5. The highest BCUT2D eigenvalue weighted by molar-refractivity contribution is 5.79. The SMILES string of the molecule is CCNC(=NCCN1CCOCC1)N(C)Cc1ccccc1C. The highest BCUT2D eigenvalue weighted by Gasteiger charge is 2.11. The van der Waals surface area contributed by atoms with Crippen molar-refractivity contribution in [3.8, 4) is 0 Å². The molecule has 128 valence electrons. The van der Waals surface area contributed by atoms with E-state index in [-0.39, 0.29) is 0 Å². The van der Waals surface area contributed by atoms with Crippen LogP contribution in [0.3, 0.4) is 0 Å². The first kappa shape index (κ1) is 17.8. The molecule has 1 aromatic rings. The van der Waals surface area contributed by atoms with Crippen LogP contribution in [0.15, 0.2) is 29.3 Å². The first-order chi connectivity index (χ1) is 11.2. The maximum absolute atomic E-state index is 5.38. The molecule has 0 spiro atoms. The summed E-state index contributed by atoms with van der Waals surface area (Å²) in [4.78, 5) is 9.40. The van der Waals surface area contributed by atoms with Gasteiger partial charge in [0.1, 0.15) is 0 Å². The first-order valence-corrected chi connectivity index (χ1v) is 8.54. The zero-order valence-corrected chi connectivity index (χ0v) is 14.7. The summed E-state index contributed by atoms with van der Waals surface area (Å²) >= 11 is 0. The normalized spacial score (nSPS) is 16.4. The molecular weight excluding hydrogens is 288 g/mol. The van der Waals surface area contributed by atoms with Gasteiger partial charge in [0, 0.05) is 39.8 Å². The summed E-state index contributed by atoms with van der Waals surface area (Å²) in [7, 11) is 2.10. The smallest absolute Gasteiger partial charge is 0.194 e. The van der Waals surface area contributed by atoms with Crippen molar-refractivity contribution in [3.05, 3.63) is 35.4 Å². The predicted octanol–water partition coefficient (Wildman–Crippen LogP) is 1.72. The second-order valence-corrected chi connectivity index (χ2v) is 5.97. The fourth-order valence-electron chi connectivity index (χ4n) is 2.71. The molecule has 1 heterocycles. The van der Waals surface area contributed by atoms with Gasteiger partial charge in [-0.2, -0.15) is 0 Å². The van der Waals surface area contributed by atoms with Crippen molar-refractivity contribution in [3.63, 3.8) is 0 Å². The number of ether oxygens (including phenoxy) is 1. The van der Waals surface area contributed by atoms with Crippen LogP contribution in [-0.4, -0.2) is 68.7 Å². The van der Waals surface area contributed by atoms with E-state index in [1.54, 1.807) is 0 Å². The van der Waals surface area contributed by atoms with E-state index in [4.69, 9.17) is 9.73 Å². The second-order valence-electron chi connectivity index (χ2n) is 5.97. The number of morpholine rings is 1. The summed E-state index contributed by atoms with van der Waals surface area (Å²) in [5.41, 5.74) is 2.66. The number of aliphatic imine (C=N–C) groups is 1. The van der Waals surface area contributed by atoms with E-state index in [1.807, 2.05) is 0 Å². The molecule has 0 amide bonds. The van der Waals surface area contributed by atoms with E-state index in [0.29, 0.717) is 0 Å². The van der Waals surface area contributed by atoms with E-state index >= 15 is 0 Å². The highest BCUT2D eigenvalue weighted by atomic mass is 16.5. The van der Waals surface area contributed by atoms with Gasteiger partial charge in [-0.05, 0) is 25.0 Å². The molecule has 0 atom stereocenters. The summed E-state index contributed by atoms with van der Waals surface area (Å²) in [5, 5.41) is 3.39. The molecule has 0 aromatic heterocycles. The third-order valence-electron chi connectivity index (χ3n) is 4.15. The lowest BCUT2D eigenvalue weighted by molar-refractivity contribution is 0.0394. The topological polar surface area (TPSA) is 40.1 Å². The van der Waals surface area contributed by atoms with Gasteiger partial charge in [-0.15, -0.1) is 0 Å². The lowest BCUT2D eigenvalue weighted by atomic mass is 10.1. The van der Waals surface area contributed by atoms with Gasteiger partial charge < -0.3 is 15.0 Å². The molecule has 5 heteroatoms. The monoisotopic (exact) mass is 318 g/mol. The van der Waals surface area contributed by atoms with E-state index in [0.717, 1.165) is 58.4 Å². The maximum atomic E-state index is 5.38. The third-order valence-corrected chi connectivity index (χ3v) is 4.15. The molecular formula is C18H30N4O. The summed E-state index contributed by atoms with van der Waals surface area (Å²) in [6, 6.07) is 8.52. The fourth-order valence-corrected chi connectivity index (χ4v) is 2.71. The maximum Gasteiger partial charge on any atom is 0.194 e. The molecule has 0 bridgehead atoms. The minimum absolute atomic E-state index is 0.820. The van der Waals surface area contributed by atoms with Crippen molar-refractivity contribution >= 4 is 5.96 Å². The molecule has 23 heavy (non-hydrogen) atoms. The number of rotatable bonds is 6. The fraction of sp³-hybridized carbons (Fsp3) is 0.611. The molecule has 1 aliphatic heterocycles. The van der Waals surface area contributed by atoms with Crippen LogP contribution >= 0.6 is 0 Å². The predicted molar refractivity (Wildman–Crippen MR) is 95.9 cm³/mol. The van der Waals surface area contributed by atoms with Gasteiger partial charge in [0.2, 0.25) is 0 Å². The molecule has 1 fully saturated rings. The van der Waals surface area contributed by atoms with Crippen molar-refractivity contribution < 1.29 is 4.74 Å². The summed E-state index contributed by atoms with van der Waals surface area (Å²) < 4.78 is 5.38. The number of nitrogens with zero attached hydrogens (tertiary/aromatic N) is 3. The highest BCUT2D eigenvalue weighted by Crippen LogP contribution is 2.09. The van der Waals surface area contributed by atoms with E-state index in [1.165, 1.54) is 11.1 Å². The Labute approximate surface area is 140 Å². The average molecular weight is 318 g/mol. The molecule has 1 saturated heterocycles. The van der Waals surface area contributed by atoms with Crippen LogP contribution in [0.4, 0.5) is 0 Å². The van der Waals surface area contributed by atoms with Crippen LogP contribution in [0.2, 0.25) is 0 Å². The standard InChI is InChI=1S/C18H30N4O/c1-4-19-18(20-9-10-22-11-13-23-14-12-22)21(3)15-17-8-6-5-7-16(17)2/h5-8H,4,9-15H2,1-3H3,(H,19,20). The molecule has 1 N–H and O–H groups in total. The lowest BCUT2D eigenvalue weighted by Gasteiger charge is -2.26. The number of aryl methyl sites for hydroxylation is 1. The Morgan fingerprint density at radius 2 is 2.04 bits per heavy atom. The van der Waals surface area contributed by atoms with Gasteiger partial charge in [0.15, 0.2) is 5.96 Å². The van der Waals surface area contributed by atoms with Crippen LogP contribution in [0.1, 0.15) is 18.1 Å². The number of guanidine groups is 1. The number of hydrogen-bond acceptors (Lipinski definition) is 3. The number of benzene rings is 1. The van der Waals surface area contributed by atoms with Crippen LogP contribution in [0, 0.1) is 6.92 Å². The van der Waals surface area contributed by atoms with Crippen molar-refractivity contribution in [1.82, 2.24) is 15.1 Å². The van der Waals surface area contributed by atoms with Crippen LogP contribution in [0.5, 0.6) is 0 Å². The Morgan fingerprint density at radius 3 is 2.74 bits per heavy atom. The summed E-state index contributed by atoms with van der Waals surface area (Å²) in [6.07, 6.45) is 0. The average Bonchev–Trinajstić information content (AvgIpc) is 2.57. The third kappa shape index (κ3) is 5.84. The van der Waals surface area contributed by atoms with Gasteiger partial charge in [0.05, 0.1) is 19.8 Å². The van der Waals surface area contributed by atoms with Crippen LogP contribution in [-0.2, 0) is 11.3 Å². The molecule has 1 aromatic carbocycles. The lowest BCUT2D eigenvalue weighted by Crippen LogP contribution is -2.40. The van der Waals surface area contributed by atoms with E-state index < -0.39 is 0 Å². The van der Waals surface area contributed by atoms with Crippen LogP contribution < -0.4 is 5.32 Å². The van der Waals surface area contributed by atoms with Crippen molar-refractivity contribution in [2.24, 2.45) is 4.99 Å². The molecule has 0 saturated carbocycles. The van der Waals surface area contributed by atoms with Gasteiger partial charge in [-0.1, -0.05) is 24.3 Å². The largest absolute Gasteiger partial charge is 0.379 e. The van der Waals surface area contributed by atoms with Gasteiger partial charge in [0.25, 0.3) is 0 Å². The molecule has 0 radical (unpaired) electrons. The second kappa shape index (κ2) is 9.53. The van der Waals surface area contributed by atoms with Crippen molar-refractivity contribution in [1.29, 1.82) is 0 Å². The van der Waals surface area contributed by atoms with E-state index in [2.05, 4.69) is 60.3 Å². The van der Waals surface area contributed by atoms with Gasteiger partial charge in [-0.25, -0.2) is 0 Å². The summed E-state index contributed by atoms with van der Waals surface area (Å²) in [6.45, 7) is 11.6. The zero-order valence-electron chi connectivity index (χ0n) is 14.7. The Kier molecular flexibility index (Phi) is 7.36. The van der Waals surface area contributed by atoms with Crippen molar-refractivity contribution in [2.45, 2.75) is 20.4 Å². The molecule has 0 unspecified atom stereocenters. The Morgan fingerprint density at radius 1 is 1.30 bits per heavy atom. The molecule has 1 aliphatic rings. The first-order valence-electron chi connectivity index (χ1n) is 8.54. The van der Waals surface area contributed by atoms with Gasteiger partial charge >= 0.3 is 0 Å². The number of nitrogens with one attached hydrogen (secondary N) is 1. The van der Waals surface area contributed by atoms with E-state index in [9.17, 15) is 0 Å². The molecule has 0 aliphatic carbocycles. The minimum atomic E-state index is 0.820. The number of hydrogen-bond donors (Lipinski definition) is 1. The Hall–Kier alpha value is -1.59. The summed E-state index contributed by atoms with van der Waals surface area (Å²) in [5.74, 6) is 0.976. The molecule has 5 nitrogen and oxygen atoms in total. The van der Waals surface area contributed by atoms with Crippen LogP contribution in [0.25, 0.3) is 0 Å². The van der Waals surface area contributed by atoms with Crippen molar-refractivity contribution in [2.75, 3.05) is 53.0 Å². The minimum Gasteiger partial charge on any atom is -0.379 e. The quantitative estimate of drug-likeness (QED) is 0.640.